The highest BCUT2D eigenvalue weighted by Crippen LogP contribution is 2.40. The van der Waals surface area contributed by atoms with Crippen LogP contribution in [0.5, 0.6) is 0 Å². The molecule has 1 aliphatic carbocycles. The van der Waals surface area contributed by atoms with Crippen molar-refractivity contribution in [2.75, 3.05) is 6.61 Å². The Bertz CT molecular complexity index is 922. The summed E-state index contributed by atoms with van der Waals surface area (Å²) in [5.74, 6) is 2.43. The fourth-order valence-electron chi connectivity index (χ4n) is 2.86. The topological polar surface area (TPSA) is 37.4 Å². The first-order chi connectivity index (χ1) is 10.4. The first kappa shape index (κ1) is 17.0. The van der Waals surface area contributed by atoms with Crippen LogP contribution in [0.15, 0.2) is 53.7 Å². The number of aromatic nitrogens is 1. The van der Waals surface area contributed by atoms with Gasteiger partial charge in [-0.2, -0.15) is 0 Å². The number of oxime groups is 1. The Balaban J connectivity index is 0.000000960. The summed E-state index contributed by atoms with van der Waals surface area (Å²) >= 11 is 0. The van der Waals surface area contributed by atoms with Crippen LogP contribution < -0.4 is 0 Å². The third kappa shape index (κ3) is 2.57. The molecule has 0 saturated heterocycles. The SMILES string of the molecule is C#CCON=C1c2ccccc2-c2[nH]c3ccccc3c21.Cl.Cl. The Morgan fingerprint density at radius 2 is 1.70 bits per heavy atom. The summed E-state index contributed by atoms with van der Waals surface area (Å²) < 4.78 is 0. The van der Waals surface area contributed by atoms with Gasteiger partial charge in [-0.15, -0.1) is 31.2 Å². The number of rotatable bonds is 2. The predicted molar refractivity (Wildman–Crippen MR) is 98.7 cm³/mol. The molecule has 0 saturated carbocycles. The van der Waals surface area contributed by atoms with Gasteiger partial charge in [0.2, 0.25) is 0 Å². The Morgan fingerprint density at radius 3 is 2.48 bits per heavy atom. The molecule has 0 spiro atoms. The van der Waals surface area contributed by atoms with Crippen molar-refractivity contribution in [3.05, 3.63) is 59.7 Å². The Labute approximate surface area is 146 Å². The molecular weight excluding hydrogens is 331 g/mol. The van der Waals surface area contributed by atoms with Gasteiger partial charge >= 0.3 is 0 Å². The molecule has 1 aromatic heterocycles. The molecule has 0 atom stereocenters. The third-order valence-electron chi connectivity index (χ3n) is 3.70. The molecule has 0 radical (unpaired) electrons. The zero-order valence-electron chi connectivity index (χ0n) is 12.1. The monoisotopic (exact) mass is 344 g/mol. The average Bonchev–Trinajstić information content (AvgIpc) is 3.04. The number of halogens is 2. The molecule has 4 rings (SSSR count). The maximum absolute atomic E-state index is 5.24. The molecule has 3 nitrogen and oxygen atoms in total. The summed E-state index contributed by atoms with van der Waals surface area (Å²) in [6, 6.07) is 16.4. The van der Waals surface area contributed by atoms with Crippen molar-refractivity contribution in [1.29, 1.82) is 0 Å². The van der Waals surface area contributed by atoms with Crippen molar-refractivity contribution < 1.29 is 4.84 Å². The van der Waals surface area contributed by atoms with E-state index < -0.39 is 0 Å². The minimum atomic E-state index is 0. The molecule has 1 aliphatic rings. The zero-order chi connectivity index (χ0) is 14.2. The van der Waals surface area contributed by atoms with Crippen LogP contribution in [0, 0.1) is 12.3 Å². The Hall–Kier alpha value is -2.41. The van der Waals surface area contributed by atoms with Gasteiger partial charge < -0.3 is 9.82 Å². The summed E-state index contributed by atoms with van der Waals surface area (Å²) in [6.07, 6.45) is 5.22. The van der Waals surface area contributed by atoms with Gasteiger partial charge in [0.05, 0.1) is 5.69 Å². The minimum absolute atomic E-state index is 0. The Kier molecular flexibility index (Phi) is 5.00. The number of nitrogens with zero attached hydrogens (tertiary/aromatic N) is 1. The van der Waals surface area contributed by atoms with Gasteiger partial charge in [-0.25, -0.2) is 0 Å². The fraction of sp³-hybridized carbons (Fsp3) is 0.0556. The summed E-state index contributed by atoms with van der Waals surface area (Å²) in [5, 5.41) is 5.42. The lowest BCUT2D eigenvalue weighted by Crippen LogP contribution is -2.00. The fourth-order valence-corrected chi connectivity index (χ4v) is 2.86. The lowest BCUT2D eigenvalue weighted by Gasteiger charge is -2.02. The van der Waals surface area contributed by atoms with Gasteiger partial charge in [-0.3, -0.25) is 0 Å². The van der Waals surface area contributed by atoms with Crippen molar-refractivity contribution in [2.45, 2.75) is 0 Å². The number of fused-ring (bicyclic) bond motifs is 5. The van der Waals surface area contributed by atoms with Crippen LogP contribution in [-0.2, 0) is 4.84 Å². The van der Waals surface area contributed by atoms with E-state index in [9.17, 15) is 0 Å². The number of hydrogen-bond donors (Lipinski definition) is 1. The number of nitrogens with one attached hydrogen (secondary N) is 1. The van der Waals surface area contributed by atoms with E-state index in [2.05, 4.69) is 40.3 Å². The van der Waals surface area contributed by atoms with Crippen LogP contribution in [-0.4, -0.2) is 17.3 Å². The maximum Gasteiger partial charge on any atom is 0.177 e. The number of benzene rings is 2. The molecule has 0 fully saturated rings. The van der Waals surface area contributed by atoms with Crippen molar-refractivity contribution in [3.8, 4) is 23.6 Å². The second-order valence-electron chi connectivity index (χ2n) is 4.88. The second kappa shape index (κ2) is 6.78. The molecule has 1 N–H and O–H groups in total. The highest BCUT2D eigenvalue weighted by molar-refractivity contribution is 6.29. The number of H-pyrrole nitrogens is 1. The lowest BCUT2D eigenvalue weighted by atomic mass is 10.1. The summed E-state index contributed by atoms with van der Waals surface area (Å²) in [6.45, 7) is 0.170. The molecule has 2 aromatic carbocycles. The summed E-state index contributed by atoms with van der Waals surface area (Å²) in [5.41, 5.74) is 6.34. The van der Waals surface area contributed by atoms with Gasteiger partial charge in [-0.1, -0.05) is 53.5 Å². The Morgan fingerprint density at radius 1 is 1.00 bits per heavy atom. The molecular formula is C18H14Cl2N2O. The molecule has 0 amide bonds. The predicted octanol–water partition coefficient (Wildman–Crippen LogP) is 4.39. The minimum Gasteiger partial charge on any atom is -0.382 e. The number of terminal acetylenes is 1. The van der Waals surface area contributed by atoms with E-state index in [0.717, 1.165) is 39.0 Å². The van der Waals surface area contributed by atoms with E-state index in [4.69, 9.17) is 11.3 Å². The largest absolute Gasteiger partial charge is 0.382 e. The molecule has 3 aromatic rings. The first-order valence-electron chi connectivity index (χ1n) is 6.74. The van der Waals surface area contributed by atoms with E-state index in [-0.39, 0.29) is 31.4 Å². The normalized spacial score (nSPS) is 12.7. The molecule has 116 valence electrons. The molecule has 5 heteroatoms. The van der Waals surface area contributed by atoms with Crippen LogP contribution in [0.3, 0.4) is 0 Å². The van der Waals surface area contributed by atoms with Crippen LogP contribution in [0.4, 0.5) is 0 Å². The first-order valence-corrected chi connectivity index (χ1v) is 6.74. The second-order valence-corrected chi connectivity index (χ2v) is 4.88. The standard InChI is InChI=1S/C18H12N2O.2ClH/c1-2-11-21-20-18-13-8-4-3-7-12(13)17-16(18)14-9-5-6-10-15(14)19-17;;/h1,3-10,19H,11H2;2*1H. The van der Waals surface area contributed by atoms with Crippen molar-refractivity contribution >= 4 is 41.4 Å². The highest BCUT2D eigenvalue weighted by Gasteiger charge is 2.29. The lowest BCUT2D eigenvalue weighted by molar-refractivity contribution is 0.180. The van der Waals surface area contributed by atoms with Crippen molar-refractivity contribution in [1.82, 2.24) is 4.98 Å². The van der Waals surface area contributed by atoms with E-state index >= 15 is 0 Å². The zero-order valence-corrected chi connectivity index (χ0v) is 13.7. The molecule has 0 unspecified atom stereocenters. The number of aromatic amines is 1. The highest BCUT2D eigenvalue weighted by atomic mass is 35.5. The van der Waals surface area contributed by atoms with Gasteiger partial charge in [-0.05, 0) is 6.07 Å². The van der Waals surface area contributed by atoms with Gasteiger partial charge in [0, 0.05) is 27.6 Å². The van der Waals surface area contributed by atoms with Crippen LogP contribution >= 0.6 is 24.8 Å². The van der Waals surface area contributed by atoms with E-state index in [0.29, 0.717) is 0 Å². The molecule has 0 bridgehead atoms. The van der Waals surface area contributed by atoms with Crippen molar-refractivity contribution in [3.63, 3.8) is 0 Å². The van der Waals surface area contributed by atoms with E-state index in [1.807, 2.05) is 24.3 Å². The summed E-state index contributed by atoms with van der Waals surface area (Å²) in [7, 11) is 0. The van der Waals surface area contributed by atoms with Gasteiger partial charge in [0.25, 0.3) is 0 Å². The van der Waals surface area contributed by atoms with Gasteiger partial charge in [0.1, 0.15) is 5.71 Å². The van der Waals surface area contributed by atoms with Crippen LogP contribution in [0.25, 0.3) is 22.2 Å². The van der Waals surface area contributed by atoms with E-state index in [1.54, 1.807) is 0 Å². The smallest absolute Gasteiger partial charge is 0.177 e. The average molecular weight is 345 g/mol. The van der Waals surface area contributed by atoms with Crippen LogP contribution in [0.1, 0.15) is 11.1 Å². The van der Waals surface area contributed by atoms with Gasteiger partial charge in [0.15, 0.2) is 6.61 Å². The third-order valence-corrected chi connectivity index (χ3v) is 3.70. The summed E-state index contributed by atoms with van der Waals surface area (Å²) in [4.78, 5) is 8.71. The van der Waals surface area contributed by atoms with Crippen molar-refractivity contribution in [2.24, 2.45) is 5.16 Å². The molecule has 23 heavy (non-hydrogen) atoms. The maximum atomic E-state index is 5.24. The van der Waals surface area contributed by atoms with E-state index in [1.165, 1.54) is 0 Å². The number of para-hydroxylation sites is 1. The number of hydrogen-bond acceptors (Lipinski definition) is 2. The quantitative estimate of drug-likeness (QED) is 0.326. The van der Waals surface area contributed by atoms with Crippen LogP contribution in [0.2, 0.25) is 0 Å². The molecule has 0 aliphatic heterocycles. The molecule has 1 heterocycles.